The van der Waals surface area contributed by atoms with Gasteiger partial charge < -0.3 is 46.0 Å². The van der Waals surface area contributed by atoms with Crippen LogP contribution in [-0.2, 0) is 4.74 Å². The third-order valence-electron chi connectivity index (χ3n) is 3.63. The first-order chi connectivity index (χ1) is 9.97. The Morgan fingerprint density at radius 3 is 2.48 bits per heavy atom. The van der Waals surface area contributed by atoms with E-state index in [4.69, 9.17) is 9.84 Å². The van der Waals surface area contributed by atoms with E-state index in [0.717, 1.165) is 0 Å². The van der Waals surface area contributed by atoms with E-state index in [2.05, 4.69) is 15.6 Å². The van der Waals surface area contributed by atoms with Gasteiger partial charge in [-0.3, -0.25) is 4.99 Å². The first kappa shape index (κ1) is 16.4. The number of rotatable bonds is 3. The molecule has 0 aromatic heterocycles. The molecule has 0 spiro atoms. The molecule has 0 radical (unpaired) electrons. The van der Waals surface area contributed by atoms with E-state index in [1.807, 2.05) is 0 Å². The summed E-state index contributed by atoms with van der Waals surface area (Å²) in [7, 11) is 0. The van der Waals surface area contributed by atoms with Crippen molar-refractivity contribution in [2.75, 3.05) is 19.8 Å². The molecular formula is C11H21N3O7. The molecule has 2 heterocycles. The molecule has 0 saturated carbocycles. The number of aliphatic hydroxyl groups excluding tert-OH is 6. The molecule has 10 nitrogen and oxygen atoms in total. The average molecular weight is 307 g/mol. The van der Waals surface area contributed by atoms with Gasteiger partial charge in [0.2, 0.25) is 0 Å². The van der Waals surface area contributed by atoms with Crippen molar-refractivity contribution in [2.45, 2.75) is 42.8 Å². The van der Waals surface area contributed by atoms with Crippen molar-refractivity contribution in [3.05, 3.63) is 0 Å². The van der Waals surface area contributed by atoms with Crippen LogP contribution < -0.4 is 10.6 Å². The van der Waals surface area contributed by atoms with Gasteiger partial charge in [0.1, 0.15) is 18.3 Å². The molecule has 2 aliphatic heterocycles. The largest absolute Gasteiger partial charge is 0.394 e. The van der Waals surface area contributed by atoms with Crippen LogP contribution in [0.15, 0.2) is 4.99 Å². The first-order valence-corrected chi connectivity index (χ1v) is 6.65. The fraction of sp³-hybridized carbons (Fsp3) is 0.909. The maximum absolute atomic E-state index is 9.97. The van der Waals surface area contributed by atoms with E-state index >= 15 is 0 Å². The molecule has 1 fully saturated rings. The number of aliphatic imine (C=N–C) groups is 1. The van der Waals surface area contributed by atoms with Crippen LogP contribution in [0.4, 0.5) is 0 Å². The van der Waals surface area contributed by atoms with Crippen LogP contribution in [0.25, 0.3) is 0 Å². The Morgan fingerprint density at radius 2 is 1.86 bits per heavy atom. The quantitative estimate of drug-likeness (QED) is 0.255. The van der Waals surface area contributed by atoms with E-state index in [0.29, 0.717) is 0 Å². The average Bonchev–Trinajstić information content (AvgIpc) is 2.49. The molecule has 0 unspecified atom stereocenters. The van der Waals surface area contributed by atoms with Gasteiger partial charge in [-0.2, -0.15) is 0 Å². The van der Waals surface area contributed by atoms with Gasteiger partial charge >= 0.3 is 0 Å². The number of aliphatic hydroxyl groups is 6. The molecule has 2 rings (SSSR count). The Morgan fingerprint density at radius 1 is 1.14 bits per heavy atom. The Hall–Kier alpha value is -1.01. The van der Waals surface area contributed by atoms with Gasteiger partial charge in [-0.1, -0.05) is 0 Å². The summed E-state index contributed by atoms with van der Waals surface area (Å²) in [6.45, 7) is -0.743. The van der Waals surface area contributed by atoms with Gasteiger partial charge in [-0.15, -0.1) is 0 Å². The highest BCUT2D eigenvalue weighted by molar-refractivity contribution is 5.81. The Kier molecular flexibility index (Phi) is 5.32. The second-order valence-corrected chi connectivity index (χ2v) is 5.09. The summed E-state index contributed by atoms with van der Waals surface area (Å²) in [6, 6.07) is -1.54. The standard InChI is InChI=1S/C11H21N3O7/c15-2-4-5(17)1-12-11(13-4)14-7-6(3-16)21-10(20)9(19)8(7)18/h4-10,15-20H,1-3H2,(H2,12,13,14)/t4-,5+,6-,7-,8+,9-,10-/m1/s1. The van der Waals surface area contributed by atoms with Crippen LogP contribution >= 0.6 is 0 Å². The zero-order valence-corrected chi connectivity index (χ0v) is 11.2. The summed E-state index contributed by atoms with van der Waals surface area (Å²) in [5.74, 6) is 0.189. The third kappa shape index (κ3) is 3.43. The van der Waals surface area contributed by atoms with Gasteiger partial charge in [-0.05, 0) is 0 Å². The van der Waals surface area contributed by atoms with E-state index in [-0.39, 0.29) is 19.1 Å². The maximum atomic E-state index is 9.97. The second kappa shape index (κ2) is 6.83. The van der Waals surface area contributed by atoms with Crippen LogP contribution in [0.1, 0.15) is 0 Å². The predicted molar refractivity (Wildman–Crippen MR) is 69.2 cm³/mol. The van der Waals surface area contributed by atoms with Crippen LogP contribution in [0.5, 0.6) is 0 Å². The minimum absolute atomic E-state index is 0.0548. The molecule has 122 valence electrons. The number of nitrogens with one attached hydrogen (secondary N) is 2. The first-order valence-electron chi connectivity index (χ1n) is 6.65. The predicted octanol–water partition coefficient (Wildman–Crippen LogP) is -4.94. The Bertz CT molecular complexity index is 381. The minimum atomic E-state index is -1.59. The summed E-state index contributed by atoms with van der Waals surface area (Å²) >= 11 is 0. The van der Waals surface area contributed by atoms with Crippen molar-refractivity contribution >= 4 is 5.96 Å². The van der Waals surface area contributed by atoms with Crippen LogP contribution in [0.2, 0.25) is 0 Å². The topological polar surface area (TPSA) is 167 Å². The number of ether oxygens (including phenoxy) is 1. The molecule has 2 aliphatic rings. The van der Waals surface area contributed by atoms with Crippen molar-refractivity contribution in [3.63, 3.8) is 0 Å². The maximum Gasteiger partial charge on any atom is 0.192 e. The Balaban J connectivity index is 2.06. The highest BCUT2D eigenvalue weighted by atomic mass is 16.6. The summed E-state index contributed by atoms with van der Waals surface area (Å²) in [5.41, 5.74) is 0. The summed E-state index contributed by atoms with van der Waals surface area (Å²) in [6.07, 6.45) is -6.32. The third-order valence-corrected chi connectivity index (χ3v) is 3.63. The minimum Gasteiger partial charge on any atom is -0.394 e. The van der Waals surface area contributed by atoms with Crippen LogP contribution in [-0.4, -0.2) is 99.1 Å². The van der Waals surface area contributed by atoms with Gasteiger partial charge in [0.25, 0.3) is 0 Å². The molecule has 8 N–H and O–H groups in total. The van der Waals surface area contributed by atoms with Gasteiger partial charge in [0, 0.05) is 0 Å². The van der Waals surface area contributed by atoms with Gasteiger partial charge in [0.05, 0.1) is 37.9 Å². The highest BCUT2D eigenvalue weighted by Crippen LogP contribution is 2.19. The molecule has 0 amide bonds. The number of guanidine groups is 1. The van der Waals surface area contributed by atoms with Crippen molar-refractivity contribution in [2.24, 2.45) is 4.99 Å². The molecule has 0 aromatic rings. The Labute approximate surface area is 120 Å². The highest BCUT2D eigenvalue weighted by Gasteiger charge is 2.44. The molecule has 7 atom stereocenters. The molecule has 0 aliphatic carbocycles. The van der Waals surface area contributed by atoms with E-state index < -0.39 is 49.4 Å². The van der Waals surface area contributed by atoms with Crippen molar-refractivity contribution < 1.29 is 35.4 Å². The fourth-order valence-electron chi connectivity index (χ4n) is 2.32. The molecular weight excluding hydrogens is 286 g/mol. The van der Waals surface area contributed by atoms with Crippen LogP contribution in [0, 0.1) is 0 Å². The van der Waals surface area contributed by atoms with E-state index in [9.17, 15) is 25.5 Å². The van der Waals surface area contributed by atoms with Gasteiger partial charge in [0.15, 0.2) is 12.2 Å². The lowest BCUT2D eigenvalue weighted by Crippen LogP contribution is -2.67. The molecule has 0 bridgehead atoms. The normalized spacial score (nSPS) is 43.9. The van der Waals surface area contributed by atoms with E-state index in [1.165, 1.54) is 0 Å². The molecule has 21 heavy (non-hydrogen) atoms. The molecule has 1 saturated heterocycles. The van der Waals surface area contributed by atoms with Crippen molar-refractivity contribution in [3.8, 4) is 0 Å². The van der Waals surface area contributed by atoms with E-state index in [1.54, 1.807) is 0 Å². The zero-order valence-electron chi connectivity index (χ0n) is 11.2. The number of hydrogen-bond acceptors (Lipinski definition) is 10. The second-order valence-electron chi connectivity index (χ2n) is 5.09. The zero-order chi connectivity index (χ0) is 15.6. The SMILES string of the molecule is OC[C@H]1NC(N[C@H]2[C@H](O)[C@@H](O)[C@H](O)O[C@@H]2CO)=NC[C@@H]1O. The fourth-order valence-corrected chi connectivity index (χ4v) is 2.32. The number of nitrogens with zero attached hydrogens (tertiary/aromatic N) is 1. The molecule has 0 aromatic carbocycles. The van der Waals surface area contributed by atoms with Crippen molar-refractivity contribution in [1.29, 1.82) is 0 Å². The lowest BCUT2D eigenvalue weighted by atomic mass is 9.96. The van der Waals surface area contributed by atoms with Gasteiger partial charge in [-0.25, -0.2) is 0 Å². The monoisotopic (exact) mass is 307 g/mol. The van der Waals surface area contributed by atoms with Crippen molar-refractivity contribution in [1.82, 2.24) is 10.6 Å². The van der Waals surface area contributed by atoms with Crippen LogP contribution in [0.3, 0.4) is 0 Å². The summed E-state index contributed by atoms with van der Waals surface area (Å²) in [5, 5.41) is 62.4. The summed E-state index contributed by atoms with van der Waals surface area (Å²) in [4.78, 5) is 3.99. The lowest BCUT2D eigenvalue weighted by Gasteiger charge is -2.41. The molecule has 10 heteroatoms. The lowest BCUT2D eigenvalue weighted by molar-refractivity contribution is -0.260. The number of hydrogen-bond donors (Lipinski definition) is 8. The smallest absolute Gasteiger partial charge is 0.192 e. The summed E-state index contributed by atoms with van der Waals surface area (Å²) < 4.78 is 5.00.